The van der Waals surface area contributed by atoms with Crippen molar-refractivity contribution in [3.63, 3.8) is 0 Å². The van der Waals surface area contributed by atoms with Crippen molar-refractivity contribution in [3.8, 4) is 5.75 Å². The number of ether oxygens (including phenoxy) is 1. The molecule has 0 bridgehead atoms. The molecule has 1 aromatic heterocycles. The van der Waals surface area contributed by atoms with Crippen molar-refractivity contribution >= 4 is 52.4 Å². The smallest absolute Gasteiger partial charge is 0.345 e. The van der Waals surface area contributed by atoms with E-state index < -0.39 is 20.3 Å². The van der Waals surface area contributed by atoms with Crippen molar-refractivity contribution in [2.75, 3.05) is 6.61 Å². The summed E-state index contributed by atoms with van der Waals surface area (Å²) in [5.74, 6) is -0.476. The van der Waals surface area contributed by atoms with Crippen LogP contribution in [0.5, 0.6) is 5.75 Å². The predicted molar refractivity (Wildman–Crippen MR) is 142 cm³/mol. The first-order valence-corrected chi connectivity index (χ1v) is 13.8. The van der Waals surface area contributed by atoms with Crippen LogP contribution in [0.2, 0.25) is 0 Å². The van der Waals surface area contributed by atoms with E-state index in [1.165, 1.54) is 11.3 Å². The molecule has 182 valence electrons. The number of aromatic carboxylic acids is 1. The highest BCUT2D eigenvalue weighted by molar-refractivity contribution is 7.50. The standard InChI is InChI=1S/C27H28NO5PS/c1-3-4-14-32-27(31)18(2)28-34(33-23-11-7-9-20-8-5-6-10-22(20)23)17-19-12-13-24-21(15-19)16-25(35-24)26(29)30/h5-13,15-16,18,28H,3-4,14,17H2,1-2H3,(H,29,30). The molecule has 0 aliphatic rings. The molecule has 6 nitrogen and oxygen atoms in total. The molecule has 2 atom stereocenters. The molecule has 8 heteroatoms. The highest BCUT2D eigenvalue weighted by Crippen LogP contribution is 2.42. The van der Waals surface area contributed by atoms with Crippen molar-refractivity contribution in [1.29, 1.82) is 0 Å². The zero-order valence-electron chi connectivity index (χ0n) is 19.7. The number of rotatable bonds is 11. The fraction of sp³-hybridized carbons (Fsp3) is 0.259. The number of carboxylic acids is 1. The summed E-state index contributed by atoms with van der Waals surface area (Å²) in [5.41, 5.74) is 0.998. The molecule has 0 aliphatic carbocycles. The summed E-state index contributed by atoms with van der Waals surface area (Å²) < 4.78 is 12.8. The van der Waals surface area contributed by atoms with Gasteiger partial charge in [-0.1, -0.05) is 55.8 Å². The Morgan fingerprint density at radius 1 is 1.06 bits per heavy atom. The van der Waals surface area contributed by atoms with Crippen molar-refractivity contribution in [1.82, 2.24) is 5.09 Å². The molecule has 4 rings (SSSR count). The molecular formula is C27H28NO5PS. The molecule has 2 unspecified atom stereocenters. The summed E-state index contributed by atoms with van der Waals surface area (Å²) in [4.78, 5) is 24.2. The Morgan fingerprint density at radius 2 is 1.86 bits per heavy atom. The molecule has 2 N–H and O–H groups in total. The monoisotopic (exact) mass is 509 g/mol. The predicted octanol–water partition coefficient (Wildman–Crippen LogP) is 6.97. The fourth-order valence-corrected chi connectivity index (χ4v) is 6.22. The number of carbonyl (C=O) groups excluding carboxylic acids is 1. The molecule has 0 radical (unpaired) electrons. The van der Waals surface area contributed by atoms with Gasteiger partial charge in [0.1, 0.15) is 16.7 Å². The largest absolute Gasteiger partial charge is 0.477 e. The van der Waals surface area contributed by atoms with E-state index in [0.717, 1.165) is 45.0 Å². The number of carboxylic acid groups (broad SMARTS) is 1. The van der Waals surface area contributed by atoms with Gasteiger partial charge < -0.3 is 14.4 Å². The Balaban J connectivity index is 1.58. The van der Waals surface area contributed by atoms with Crippen LogP contribution in [0.1, 0.15) is 41.9 Å². The average molecular weight is 510 g/mol. The summed E-state index contributed by atoms with van der Waals surface area (Å²) in [6.45, 7) is 4.25. The number of carbonyl (C=O) groups is 2. The highest BCUT2D eigenvalue weighted by atomic mass is 32.1. The van der Waals surface area contributed by atoms with Gasteiger partial charge in [-0.2, -0.15) is 0 Å². The Kier molecular flexibility index (Phi) is 8.34. The highest BCUT2D eigenvalue weighted by Gasteiger charge is 2.22. The summed E-state index contributed by atoms with van der Waals surface area (Å²) in [7, 11) is -1.30. The van der Waals surface area contributed by atoms with Crippen LogP contribution in [-0.2, 0) is 15.7 Å². The minimum atomic E-state index is -1.30. The lowest BCUT2D eigenvalue weighted by Gasteiger charge is -2.23. The zero-order chi connectivity index (χ0) is 24.8. The van der Waals surface area contributed by atoms with Gasteiger partial charge in [0.25, 0.3) is 0 Å². The second kappa shape index (κ2) is 11.6. The van der Waals surface area contributed by atoms with Gasteiger partial charge in [-0.05, 0) is 53.9 Å². The third kappa shape index (κ3) is 6.37. The first kappa shape index (κ1) is 25.1. The molecule has 0 saturated heterocycles. The van der Waals surface area contributed by atoms with Crippen LogP contribution in [0, 0.1) is 0 Å². The van der Waals surface area contributed by atoms with E-state index in [-0.39, 0.29) is 5.97 Å². The van der Waals surface area contributed by atoms with Crippen molar-refractivity contribution in [2.24, 2.45) is 0 Å². The molecular weight excluding hydrogens is 481 g/mol. The summed E-state index contributed by atoms with van der Waals surface area (Å²) in [5, 5.41) is 15.6. The number of hydrogen-bond donors (Lipinski definition) is 2. The van der Waals surface area contributed by atoms with Gasteiger partial charge >= 0.3 is 11.9 Å². The minimum Gasteiger partial charge on any atom is -0.477 e. The number of thiophene rings is 1. The van der Waals surface area contributed by atoms with E-state index in [0.29, 0.717) is 17.6 Å². The van der Waals surface area contributed by atoms with Crippen molar-refractivity contribution < 1.29 is 24.0 Å². The molecule has 35 heavy (non-hydrogen) atoms. The van der Waals surface area contributed by atoms with Gasteiger partial charge in [-0.15, -0.1) is 11.3 Å². The van der Waals surface area contributed by atoms with E-state index in [9.17, 15) is 14.7 Å². The van der Waals surface area contributed by atoms with Gasteiger partial charge in [-0.25, -0.2) is 4.79 Å². The SMILES string of the molecule is CCCCOC(=O)C(C)NP(Cc1ccc2sc(C(=O)O)cc2c1)Oc1cccc2ccccc12. The third-order valence-electron chi connectivity index (χ3n) is 5.51. The van der Waals surface area contributed by atoms with E-state index in [1.54, 1.807) is 13.0 Å². The summed E-state index contributed by atoms with van der Waals surface area (Å²) in [6, 6.07) is 21.0. The topological polar surface area (TPSA) is 84.9 Å². The number of fused-ring (bicyclic) bond motifs is 2. The number of esters is 1. The summed E-state index contributed by atoms with van der Waals surface area (Å²) in [6.07, 6.45) is 2.33. The number of nitrogens with one attached hydrogen (secondary N) is 1. The van der Waals surface area contributed by atoms with Crippen molar-refractivity contribution in [2.45, 2.75) is 38.9 Å². The lowest BCUT2D eigenvalue weighted by Crippen LogP contribution is -2.33. The van der Waals surface area contributed by atoms with E-state index in [2.05, 4.69) is 12.0 Å². The minimum absolute atomic E-state index is 0.299. The maximum absolute atomic E-state index is 12.5. The fourth-order valence-electron chi connectivity index (χ4n) is 3.67. The number of benzene rings is 3. The van der Waals surface area contributed by atoms with Gasteiger partial charge in [0, 0.05) is 16.2 Å². The number of hydrogen-bond acceptors (Lipinski definition) is 6. The van der Waals surface area contributed by atoms with Crippen LogP contribution in [0.25, 0.3) is 20.9 Å². The van der Waals surface area contributed by atoms with Crippen LogP contribution in [-0.4, -0.2) is 29.7 Å². The first-order chi connectivity index (χ1) is 16.9. The molecule has 3 aromatic carbocycles. The van der Waals surface area contributed by atoms with Gasteiger partial charge in [0.05, 0.1) is 6.61 Å². The van der Waals surface area contributed by atoms with Crippen LogP contribution < -0.4 is 9.61 Å². The van der Waals surface area contributed by atoms with Gasteiger partial charge in [-0.3, -0.25) is 9.88 Å². The molecule has 4 aromatic rings. The van der Waals surface area contributed by atoms with Crippen LogP contribution in [0.15, 0.2) is 66.7 Å². The Hall–Kier alpha value is -2.99. The van der Waals surface area contributed by atoms with E-state index in [4.69, 9.17) is 9.26 Å². The average Bonchev–Trinajstić information content (AvgIpc) is 3.28. The van der Waals surface area contributed by atoms with Crippen LogP contribution in [0.4, 0.5) is 0 Å². The van der Waals surface area contributed by atoms with Gasteiger partial charge in [0.15, 0.2) is 8.30 Å². The van der Waals surface area contributed by atoms with Crippen LogP contribution >= 0.6 is 19.6 Å². The van der Waals surface area contributed by atoms with Crippen molar-refractivity contribution in [3.05, 3.63) is 77.2 Å². The lowest BCUT2D eigenvalue weighted by molar-refractivity contribution is -0.145. The Morgan fingerprint density at radius 3 is 2.66 bits per heavy atom. The molecule has 0 saturated carbocycles. The van der Waals surface area contributed by atoms with E-state index >= 15 is 0 Å². The Bertz CT molecular complexity index is 1330. The van der Waals surface area contributed by atoms with Gasteiger partial charge in [0.2, 0.25) is 0 Å². The lowest BCUT2D eigenvalue weighted by atomic mass is 10.1. The van der Waals surface area contributed by atoms with E-state index in [1.807, 2.05) is 60.7 Å². The first-order valence-electron chi connectivity index (χ1n) is 11.6. The summed E-state index contributed by atoms with van der Waals surface area (Å²) >= 11 is 1.26. The second-order valence-corrected chi connectivity index (χ2v) is 10.9. The molecule has 0 spiro atoms. The zero-order valence-corrected chi connectivity index (χ0v) is 21.4. The molecule has 0 amide bonds. The van der Waals surface area contributed by atoms with Crippen LogP contribution in [0.3, 0.4) is 0 Å². The molecule has 0 fully saturated rings. The second-order valence-electron chi connectivity index (χ2n) is 8.27. The molecule has 1 heterocycles. The quantitative estimate of drug-likeness (QED) is 0.129. The maximum Gasteiger partial charge on any atom is 0.345 e. The third-order valence-corrected chi connectivity index (χ3v) is 8.36. The molecule has 0 aliphatic heterocycles. The number of unbranched alkanes of at least 4 members (excludes halogenated alkanes) is 1. The Labute approximate surface area is 209 Å². The normalized spacial score (nSPS) is 13.0. The maximum atomic E-state index is 12.5.